The number of allylic oxidation sites excluding steroid dienone is 1. The Labute approximate surface area is 207 Å². The molecule has 0 atom stereocenters. The number of methoxy groups -OCH3 is 3. The van der Waals surface area contributed by atoms with E-state index in [4.69, 9.17) is 18.9 Å². The minimum absolute atomic E-state index is 0.0210. The Bertz CT molecular complexity index is 1040. The number of hydrogen-bond acceptors (Lipinski definition) is 8. The lowest BCUT2D eigenvalue weighted by molar-refractivity contribution is -0.125. The van der Waals surface area contributed by atoms with Gasteiger partial charge in [-0.2, -0.15) is 4.31 Å². The van der Waals surface area contributed by atoms with E-state index < -0.39 is 15.9 Å². The smallest absolute Gasteiger partial charge is 0.279 e. The third kappa shape index (κ3) is 7.73. The summed E-state index contributed by atoms with van der Waals surface area (Å²) in [6.45, 7) is 3.69. The molecule has 0 aliphatic carbocycles. The second kappa shape index (κ2) is 14.4. The van der Waals surface area contributed by atoms with Crippen LogP contribution in [-0.2, 0) is 24.3 Å². The number of sulfonamides is 1. The van der Waals surface area contributed by atoms with E-state index in [1.807, 2.05) is 19.1 Å². The molecule has 10 nitrogen and oxygen atoms in total. The van der Waals surface area contributed by atoms with Crippen LogP contribution < -0.4 is 15.0 Å². The Kier molecular flexibility index (Phi) is 12.3. The lowest BCUT2D eigenvalue weighted by Crippen LogP contribution is -2.43. The van der Waals surface area contributed by atoms with Crippen LogP contribution in [0.1, 0.15) is 25.3 Å². The molecule has 0 bridgehead atoms. The van der Waals surface area contributed by atoms with Crippen molar-refractivity contribution in [3.8, 4) is 24.3 Å². The number of ether oxygens (including phenoxy) is 4. The molecule has 1 aromatic rings. The number of hydrogen-bond donors (Lipinski definition) is 2. The number of terminal acetylenes is 1. The maximum Gasteiger partial charge on any atom is 0.279 e. The first-order chi connectivity index (χ1) is 16.7. The van der Waals surface area contributed by atoms with Crippen molar-refractivity contribution in [1.29, 1.82) is 0 Å². The molecule has 1 saturated heterocycles. The predicted molar refractivity (Wildman–Crippen MR) is 131 cm³/mol. The van der Waals surface area contributed by atoms with Gasteiger partial charge in [-0.05, 0) is 44.4 Å². The first-order valence-electron chi connectivity index (χ1n) is 10.7. The molecule has 0 aromatic heterocycles. The minimum atomic E-state index is -4.06. The van der Waals surface area contributed by atoms with Gasteiger partial charge in [-0.3, -0.25) is 10.0 Å². The average molecular weight is 511 g/mol. The summed E-state index contributed by atoms with van der Waals surface area (Å²) >= 11 is 0. The first kappa shape index (κ1) is 30.0. The van der Waals surface area contributed by atoms with Gasteiger partial charge in [-0.1, -0.05) is 6.08 Å². The Morgan fingerprint density at radius 3 is 2.26 bits per heavy atom. The molecule has 194 valence electrons. The fourth-order valence-electron chi connectivity index (χ4n) is 3.64. The Morgan fingerprint density at radius 2 is 1.77 bits per heavy atom. The van der Waals surface area contributed by atoms with Crippen molar-refractivity contribution in [2.75, 3.05) is 41.0 Å². The number of benzene rings is 1. The Morgan fingerprint density at radius 1 is 1.17 bits per heavy atom. The molecule has 0 spiro atoms. The van der Waals surface area contributed by atoms with Crippen LogP contribution in [-0.4, -0.2) is 71.0 Å². The molecule has 2 N–H and O–H groups in total. The lowest BCUT2D eigenvalue weighted by atomic mass is 10.1. The molecular formula is C24H34N2O8S. The second-order valence-electron chi connectivity index (χ2n) is 7.44. The van der Waals surface area contributed by atoms with Gasteiger partial charge >= 0.3 is 0 Å². The number of aryl methyl sites for hydroxylation is 1. The molecule has 35 heavy (non-hydrogen) atoms. The number of piperidine rings is 1. The van der Waals surface area contributed by atoms with E-state index in [-0.39, 0.29) is 42.0 Å². The highest BCUT2D eigenvalue weighted by atomic mass is 32.2. The molecule has 1 aliphatic rings. The van der Waals surface area contributed by atoms with Gasteiger partial charge in [-0.25, -0.2) is 13.9 Å². The summed E-state index contributed by atoms with van der Waals surface area (Å²) in [5.74, 6) is 0.324. The topological polar surface area (TPSA) is 124 Å². The number of nitrogens with zero attached hydrogens (tertiary/aromatic N) is 1. The summed E-state index contributed by atoms with van der Waals surface area (Å²) in [4.78, 5) is 12.1. The molecular weight excluding hydrogens is 476 g/mol. The predicted octanol–water partition coefficient (Wildman–Crippen LogP) is 2.38. The normalized spacial score (nSPS) is 15.8. The number of hydroxylamine groups is 1. The van der Waals surface area contributed by atoms with E-state index in [2.05, 4.69) is 12.8 Å². The molecule has 1 aromatic carbocycles. The van der Waals surface area contributed by atoms with Crippen molar-refractivity contribution in [3.05, 3.63) is 46.1 Å². The van der Waals surface area contributed by atoms with Gasteiger partial charge in [0.2, 0.25) is 10.0 Å². The molecule has 1 fully saturated rings. The van der Waals surface area contributed by atoms with Crippen molar-refractivity contribution in [1.82, 2.24) is 9.79 Å². The molecule has 0 unspecified atom stereocenters. The zero-order chi connectivity index (χ0) is 26.6. The van der Waals surface area contributed by atoms with E-state index in [1.165, 1.54) is 37.0 Å². The number of carbonyl (C=O) groups excluding carboxylic acids is 1. The maximum atomic E-state index is 13.4. The Hall–Kier alpha value is -3.04. The molecule has 1 heterocycles. The average Bonchev–Trinajstić information content (AvgIpc) is 2.86. The highest BCUT2D eigenvalue weighted by molar-refractivity contribution is 7.93. The minimum Gasteiger partial charge on any atom is -0.498 e. The quantitative estimate of drug-likeness (QED) is 0.123. The largest absolute Gasteiger partial charge is 0.498 e. The fraction of sp³-hybridized carbons (Fsp3) is 0.458. The molecule has 11 heteroatoms. The Balaban J connectivity index is 0.00000298. The fourth-order valence-corrected chi connectivity index (χ4v) is 5.37. The van der Waals surface area contributed by atoms with Crippen LogP contribution in [0.5, 0.6) is 11.5 Å². The van der Waals surface area contributed by atoms with Gasteiger partial charge in [0.15, 0.2) is 0 Å². The summed E-state index contributed by atoms with van der Waals surface area (Å²) in [5, 5.41) is 9.18. The lowest BCUT2D eigenvalue weighted by Gasteiger charge is -2.32. The summed E-state index contributed by atoms with van der Waals surface area (Å²) in [7, 11) is 0.198. The van der Waals surface area contributed by atoms with Gasteiger partial charge in [0, 0.05) is 26.3 Å². The zero-order valence-electron chi connectivity index (χ0n) is 20.7. The maximum absolute atomic E-state index is 13.4. The molecule has 1 aliphatic heterocycles. The van der Waals surface area contributed by atoms with E-state index in [9.17, 15) is 18.4 Å². The van der Waals surface area contributed by atoms with E-state index in [0.717, 1.165) is 5.56 Å². The van der Waals surface area contributed by atoms with Crippen molar-refractivity contribution in [3.63, 3.8) is 0 Å². The SMILES string of the molecule is C#C.C/C=C(\C(C(=O)NO)=C(/COC)OC)S(=O)(=O)N1CCC(Oc2cc(C)cc(OC)c2)CC1. The van der Waals surface area contributed by atoms with Gasteiger partial charge in [0.05, 0.1) is 19.1 Å². The number of carbonyl (C=O) groups is 1. The third-order valence-corrected chi connectivity index (χ3v) is 7.26. The molecule has 0 radical (unpaired) electrons. The zero-order valence-corrected chi connectivity index (χ0v) is 21.6. The summed E-state index contributed by atoms with van der Waals surface area (Å²) in [5.41, 5.74) is 2.17. The number of rotatable bonds is 10. The molecule has 1 amide bonds. The number of nitrogens with one attached hydrogen (secondary N) is 1. The van der Waals surface area contributed by atoms with Crippen LogP contribution >= 0.6 is 0 Å². The standard InChI is InChI=1S/C22H32N2O8S.C2H2/c1-6-20(21(22(25)23-26)19(31-5)14-29-3)33(27,28)24-9-7-16(8-10-24)32-18-12-15(2)11-17(13-18)30-4;1-2/h6,11-13,16,26H,7-10,14H2,1-5H3,(H,23,25);1-2H/b20-6+,21-19-;. The van der Waals surface area contributed by atoms with Gasteiger partial charge in [0.1, 0.15) is 35.5 Å². The highest BCUT2D eigenvalue weighted by Gasteiger charge is 2.36. The first-order valence-corrected chi connectivity index (χ1v) is 12.2. The van der Waals surface area contributed by atoms with Crippen molar-refractivity contribution in [2.24, 2.45) is 0 Å². The van der Waals surface area contributed by atoms with E-state index in [0.29, 0.717) is 24.3 Å². The number of amides is 1. The molecule has 2 rings (SSSR count). The van der Waals surface area contributed by atoms with Gasteiger partial charge in [0.25, 0.3) is 5.91 Å². The monoisotopic (exact) mass is 510 g/mol. The molecule has 0 saturated carbocycles. The van der Waals surface area contributed by atoms with Crippen LogP contribution in [0, 0.1) is 19.8 Å². The van der Waals surface area contributed by atoms with Crippen LogP contribution in [0.15, 0.2) is 40.5 Å². The van der Waals surface area contributed by atoms with Crippen LogP contribution in [0.4, 0.5) is 0 Å². The summed E-state index contributed by atoms with van der Waals surface area (Å²) in [6, 6.07) is 5.59. The van der Waals surface area contributed by atoms with Crippen molar-refractivity contribution >= 4 is 15.9 Å². The van der Waals surface area contributed by atoms with Crippen LogP contribution in [0.3, 0.4) is 0 Å². The third-order valence-electron chi connectivity index (χ3n) is 5.22. The second-order valence-corrected chi connectivity index (χ2v) is 9.34. The van der Waals surface area contributed by atoms with Crippen LogP contribution in [0.2, 0.25) is 0 Å². The van der Waals surface area contributed by atoms with Crippen molar-refractivity contribution in [2.45, 2.75) is 32.8 Å². The van der Waals surface area contributed by atoms with E-state index in [1.54, 1.807) is 13.2 Å². The van der Waals surface area contributed by atoms with Gasteiger partial charge < -0.3 is 18.9 Å². The van der Waals surface area contributed by atoms with Crippen molar-refractivity contribution < 1.29 is 37.4 Å². The van der Waals surface area contributed by atoms with Crippen LogP contribution in [0.25, 0.3) is 0 Å². The highest BCUT2D eigenvalue weighted by Crippen LogP contribution is 2.29. The summed E-state index contributed by atoms with van der Waals surface area (Å²) in [6.07, 6.45) is 10.1. The van der Waals surface area contributed by atoms with Gasteiger partial charge in [-0.15, -0.1) is 12.8 Å². The summed E-state index contributed by atoms with van der Waals surface area (Å²) < 4.78 is 49.6. The van der Waals surface area contributed by atoms with E-state index >= 15 is 0 Å².